The third kappa shape index (κ3) is 4.78. The van der Waals surface area contributed by atoms with E-state index >= 15 is 0 Å². The van der Waals surface area contributed by atoms with Crippen LogP contribution in [0.1, 0.15) is 56.3 Å². The molecule has 2 fully saturated rings. The molecule has 3 heterocycles. The molecule has 0 aromatic heterocycles. The van der Waals surface area contributed by atoms with E-state index in [1.165, 1.54) is 0 Å². The summed E-state index contributed by atoms with van der Waals surface area (Å²) in [5.41, 5.74) is 0.538. The molecular weight excluding hydrogens is 382 g/mol. The summed E-state index contributed by atoms with van der Waals surface area (Å²) in [6.45, 7) is 5.88. The van der Waals surface area contributed by atoms with Crippen LogP contribution in [0.15, 0.2) is 24.3 Å². The molecule has 0 unspecified atom stereocenters. The number of hydrogen-bond donors (Lipinski definition) is 2. The molecule has 0 aliphatic carbocycles. The Labute approximate surface area is 178 Å². The highest BCUT2D eigenvalue weighted by atomic mass is 16.5. The van der Waals surface area contributed by atoms with Crippen molar-refractivity contribution < 1.29 is 19.1 Å². The molecule has 2 saturated heterocycles. The van der Waals surface area contributed by atoms with E-state index < -0.39 is 0 Å². The second-order valence-electron chi connectivity index (χ2n) is 8.90. The molecule has 4 atom stereocenters. The number of para-hydroxylation sites is 1. The summed E-state index contributed by atoms with van der Waals surface area (Å²) in [6, 6.07) is 7.26. The molecule has 164 valence electrons. The van der Waals surface area contributed by atoms with Crippen LogP contribution in [0.5, 0.6) is 5.75 Å². The van der Waals surface area contributed by atoms with Crippen molar-refractivity contribution in [2.24, 2.45) is 0 Å². The summed E-state index contributed by atoms with van der Waals surface area (Å²) >= 11 is 0. The minimum atomic E-state index is -0.242. The lowest BCUT2D eigenvalue weighted by Crippen LogP contribution is -2.48. The summed E-state index contributed by atoms with van der Waals surface area (Å²) < 4.78 is 12.2. The maximum absolute atomic E-state index is 13.0. The lowest BCUT2D eigenvalue weighted by Gasteiger charge is -2.31. The Kier molecular flexibility index (Phi) is 6.58. The quantitative estimate of drug-likeness (QED) is 0.734. The second kappa shape index (κ2) is 9.35. The molecule has 2 N–H and O–H groups in total. The SMILES string of the molecule is CC(C)N1C[C@@H]2C[C@H]1C(=O)NC[C@@H]1CCC[C@@H](CCOc3ccccc3C(=O)N2)O1. The number of carbonyl (C=O) groups is 2. The Morgan fingerprint density at radius 1 is 1.10 bits per heavy atom. The molecule has 0 saturated carbocycles. The largest absolute Gasteiger partial charge is 0.493 e. The Balaban J connectivity index is 1.57. The predicted octanol–water partition coefficient (Wildman–Crippen LogP) is 2.10. The van der Waals surface area contributed by atoms with Crippen LogP contribution in [0.25, 0.3) is 0 Å². The second-order valence-corrected chi connectivity index (χ2v) is 8.90. The van der Waals surface area contributed by atoms with Crippen LogP contribution in [-0.4, -0.2) is 66.7 Å². The van der Waals surface area contributed by atoms with E-state index in [1.54, 1.807) is 6.07 Å². The first-order chi connectivity index (χ1) is 14.5. The van der Waals surface area contributed by atoms with E-state index in [-0.39, 0.29) is 42.1 Å². The van der Waals surface area contributed by atoms with Crippen molar-refractivity contribution in [1.29, 1.82) is 0 Å². The van der Waals surface area contributed by atoms with Gasteiger partial charge >= 0.3 is 0 Å². The van der Waals surface area contributed by atoms with Crippen LogP contribution in [0.3, 0.4) is 0 Å². The summed E-state index contributed by atoms with van der Waals surface area (Å²) in [4.78, 5) is 28.1. The molecule has 1 aromatic carbocycles. The number of nitrogens with one attached hydrogen (secondary N) is 2. The van der Waals surface area contributed by atoms with Crippen molar-refractivity contribution in [3.63, 3.8) is 0 Å². The van der Waals surface area contributed by atoms with E-state index in [0.717, 1.165) is 25.7 Å². The molecule has 7 heteroatoms. The number of likely N-dealkylation sites (tertiary alicyclic amines) is 1. The van der Waals surface area contributed by atoms with Gasteiger partial charge in [0.25, 0.3) is 5.91 Å². The van der Waals surface area contributed by atoms with Crippen molar-refractivity contribution in [2.45, 2.75) is 76.3 Å². The van der Waals surface area contributed by atoms with Gasteiger partial charge in [-0.3, -0.25) is 14.5 Å². The Hall–Kier alpha value is -2.12. The molecule has 4 bridgehead atoms. The topological polar surface area (TPSA) is 79.9 Å². The van der Waals surface area contributed by atoms with Gasteiger partial charge in [-0.05, 0) is 51.7 Å². The maximum atomic E-state index is 13.0. The van der Waals surface area contributed by atoms with E-state index in [1.807, 2.05) is 18.2 Å². The Morgan fingerprint density at radius 2 is 1.90 bits per heavy atom. The number of fused-ring (bicyclic) bond motifs is 5. The van der Waals surface area contributed by atoms with E-state index in [2.05, 4.69) is 29.4 Å². The molecule has 4 rings (SSSR count). The van der Waals surface area contributed by atoms with Crippen LogP contribution in [0.4, 0.5) is 0 Å². The normalized spacial score (nSPS) is 30.9. The fourth-order valence-electron chi connectivity index (χ4n) is 4.81. The number of amides is 2. The van der Waals surface area contributed by atoms with Gasteiger partial charge in [0.15, 0.2) is 0 Å². The smallest absolute Gasteiger partial charge is 0.255 e. The third-order valence-electron chi connectivity index (χ3n) is 6.41. The third-order valence-corrected chi connectivity index (χ3v) is 6.41. The average Bonchev–Trinajstić information content (AvgIpc) is 3.16. The highest BCUT2D eigenvalue weighted by molar-refractivity contribution is 5.97. The predicted molar refractivity (Wildman–Crippen MR) is 114 cm³/mol. The number of ether oxygens (including phenoxy) is 2. The van der Waals surface area contributed by atoms with Gasteiger partial charge in [0.05, 0.1) is 30.4 Å². The van der Waals surface area contributed by atoms with Crippen LogP contribution in [0.2, 0.25) is 0 Å². The first-order valence-corrected chi connectivity index (χ1v) is 11.2. The van der Waals surface area contributed by atoms with E-state index in [9.17, 15) is 9.59 Å². The van der Waals surface area contributed by atoms with Crippen molar-refractivity contribution in [2.75, 3.05) is 19.7 Å². The highest BCUT2D eigenvalue weighted by Crippen LogP contribution is 2.25. The highest BCUT2D eigenvalue weighted by Gasteiger charge is 2.39. The first-order valence-electron chi connectivity index (χ1n) is 11.2. The maximum Gasteiger partial charge on any atom is 0.255 e. The molecule has 7 nitrogen and oxygen atoms in total. The zero-order valence-corrected chi connectivity index (χ0v) is 17.9. The lowest BCUT2D eigenvalue weighted by atomic mass is 10.0. The van der Waals surface area contributed by atoms with Gasteiger partial charge in [0.2, 0.25) is 5.91 Å². The monoisotopic (exact) mass is 415 g/mol. The van der Waals surface area contributed by atoms with Gasteiger partial charge in [0, 0.05) is 31.6 Å². The Bertz CT molecular complexity index is 769. The van der Waals surface area contributed by atoms with Crippen LogP contribution in [-0.2, 0) is 9.53 Å². The van der Waals surface area contributed by atoms with Gasteiger partial charge in [-0.15, -0.1) is 0 Å². The number of carbonyl (C=O) groups excluding carboxylic acids is 2. The Morgan fingerprint density at radius 3 is 2.73 bits per heavy atom. The standard InChI is InChI=1S/C23H33N3O4/c1-15(2)26-14-16-12-20(26)23(28)24-13-18-7-5-6-17(30-18)10-11-29-21-9-4-3-8-19(21)22(27)25-16/h3-4,8-9,15-18,20H,5-7,10-14H2,1-2H3,(H,24,28)(H,25,27)/t16-,17-,18-,20-/m0/s1. The van der Waals surface area contributed by atoms with Crippen LogP contribution >= 0.6 is 0 Å². The number of nitrogens with zero attached hydrogens (tertiary/aromatic N) is 1. The van der Waals surface area contributed by atoms with E-state index in [4.69, 9.17) is 9.47 Å². The van der Waals surface area contributed by atoms with E-state index in [0.29, 0.717) is 37.4 Å². The molecular formula is C23H33N3O4. The zero-order valence-electron chi connectivity index (χ0n) is 17.9. The zero-order chi connectivity index (χ0) is 21.1. The first kappa shape index (κ1) is 21.1. The number of hydrogen-bond acceptors (Lipinski definition) is 5. The molecule has 1 aromatic rings. The average molecular weight is 416 g/mol. The van der Waals surface area contributed by atoms with Crippen molar-refractivity contribution in [3.8, 4) is 5.75 Å². The number of rotatable bonds is 1. The fourth-order valence-corrected chi connectivity index (χ4v) is 4.81. The number of benzene rings is 1. The minimum absolute atomic E-state index is 0.0296. The fraction of sp³-hybridized carbons (Fsp3) is 0.652. The summed E-state index contributed by atoms with van der Waals surface area (Å²) in [5, 5.41) is 6.24. The van der Waals surface area contributed by atoms with Gasteiger partial charge in [-0.1, -0.05) is 12.1 Å². The van der Waals surface area contributed by atoms with Gasteiger partial charge < -0.3 is 20.1 Å². The summed E-state index contributed by atoms with van der Waals surface area (Å²) in [5.74, 6) is 0.478. The van der Waals surface area contributed by atoms with Crippen molar-refractivity contribution in [1.82, 2.24) is 15.5 Å². The summed E-state index contributed by atoms with van der Waals surface area (Å²) in [6.07, 6.45) is 4.61. The van der Waals surface area contributed by atoms with Crippen molar-refractivity contribution in [3.05, 3.63) is 29.8 Å². The molecule has 3 aliphatic heterocycles. The minimum Gasteiger partial charge on any atom is -0.493 e. The molecule has 30 heavy (non-hydrogen) atoms. The lowest BCUT2D eigenvalue weighted by molar-refractivity contribution is -0.127. The van der Waals surface area contributed by atoms with Crippen LogP contribution < -0.4 is 15.4 Å². The molecule has 3 aliphatic rings. The van der Waals surface area contributed by atoms with Gasteiger partial charge in [-0.25, -0.2) is 0 Å². The molecule has 2 amide bonds. The molecule has 0 spiro atoms. The van der Waals surface area contributed by atoms with Crippen LogP contribution in [0, 0.1) is 0 Å². The van der Waals surface area contributed by atoms with Gasteiger partial charge in [-0.2, -0.15) is 0 Å². The van der Waals surface area contributed by atoms with Gasteiger partial charge in [0.1, 0.15) is 5.75 Å². The molecule has 0 radical (unpaired) electrons. The summed E-state index contributed by atoms with van der Waals surface area (Å²) in [7, 11) is 0. The van der Waals surface area contributed by atoms with Crippen molar-refractivity contribution >= 4 is 11.8 Å².